The molecular weight excluding hydrogens is 690 g/mol. The van der Waals surface area contributed by atoms with Gasteiger partial charge in [0.1, 0.15) is 24.7 Å². The third-order valence-electron chi connectivity index (χ3n) is 10.5. The van der Waals surface area contributed by atoms with E-state index in [0.29, 0.717) is 60.3 Å². The number of carbonyl (C=O) groups excluding carboxylic acids is 3. The number of piperidine rings is 1. The fraction of sp³-hybridized carbons (Fsp3) is 0.333. The van der Waals surface area contributed by atoms with Crippen LogP contribution in [0.15, 0.2) is 89.9 Å². The second kappa shape index (κ2) is 15.5. The summed E-state index contributed by atoms with van der Waals surface area (Å²) in [4.78, 5) is 48.2. The number of ether oxygens (including phenoxy) is 6. The molecular formula is C42H43N3O9. The standard InChI is InChI=1S/C42H43N3O9/c1-49-34(46)19-18-32-39-42(21-23-44(32)41(48)54-26-28-14-9-6-10-15-28,30-16-11-17-33(35(30)43-39)53-25-27-12-7-5-8-13-27)31-24-29-20-22-45(40(47)52-4)36(29)38(51-3)37(31)50-2/h5-17,24,32H,18-23,25-26H2,1-4H3/t32-,42+/m0/s1. The van der Waals surface area contributed by atoms with Gasteiger partial charge in [0.2, 0.25) is 0 Å². The zero-order valence-electron chi connectivity index (χ0n) is 30.8. The highest BCUT2D eigenvalue weighted by atomic mass is 16.6. The van der Waals surface area contributed by atoms with Crippen molar-refractivity contribution in [1.29, 1.82) is 0 Å². The molecule has 0 aliphatic carbocycles. The Balaban J connectivity index is 1.39. The van der Waals surface area contributed by atoms with Crippen molar-refractivity contribution >= 4 is 35.2 Å². The molecule has 0 bridgehead atoms. The minimum Gasteiger partial charge on any atom is -0.492 e. The lowest BCUT2D eigenvalue weighted by molar-refractivity contribution is -0.140. The third-order valence-corrected chi connectivity index (χ3v) is 10.5. The maximum absolute atomic E-state index is 14.0. The predicted octanol–water partition coefficient (Wildman–Crippen LogP) is 7.15. The van der Waals surface area contributed by atoms with Crippen LogP contribution in [-0.4, -0.2) is 76.3 Å². The van der Waals surface area contributed by atoms with Crippen molar-refractivity contribution in [3.05, 3.63) is 113 Å². The number of methoxy groups -OCH3 is 4. The zero-order chi connectivity index (χ0) is 37.8. The average molecular weight is 734 g/mol. The van der Waals surface area contributed by atoms with Crippen molar-refractivity contribution < 1.29 is 42.8 Å². The van der Waals surface area contributed by atoms with Crippen LogP contribution in [0.4, 0.5) is 21.0 Å². The van der Waals surface area contributed by atoms with Gasteiger partial charge in [0, 0.05) is 25.1 Å². The summed E-state index contributed by atoms with van der Waals surface area (Å²) in [7, 11) is 5.81. The van der Waals surface area contributed by atoms with E-state index in [2.05, 4.69) is 6.07 Å². The van der Waals surface area contributed by atoms with E-state index in [9.17, 15) is 14.4 Å². The molecule has 2 amide bonds. The lowest BCUT2D eigenvalue weighted by Gasteiger charge is -2.46. The molecule has 12 nitrogen and oxygen atoms in total. The molecule has 280 valence electrons. The summed E-state index contributed by atoms with van der Waals surface area (Å²) in [6, 6.07) is 26.6. The molecule has 0 saturated carbocycles. The van der Waals surface area contributed by atoms with Gasteiger partial charge >= 0.3 is 18.2 Å². The van der Waals surface area contributed by atoms with E-state index in [-0.39, 0.29) is 26.0 Å². The first kappa shape index (κ1) is 36.3. The zero-order valence-corrected chi connectivity index (χ0v) is 30.8. The Morgan fingerprint density at radius 3 is 2.15 bits per heavy atom. The van der Waals surface area contributed by atoms with Crippen LogP contribution in [-0.2, 0) is 44.1 Å². The summed E-state index contributed by atoms with van der Waals surface area (Å²) in [5.41, 5.74) is 5.26. The predicted molar refractivity (Wildman–Crippen MR) is 201 cm³/mol. The molecule has 0 spiro atoms. The molecule has 0 radical (unpaired) electrons. The van der Waals surface area contributed by atoms with Crippen molar-refractivity contribution in [1.82, 2.24) is 4.90 Å². The molecule has 1 saturated heterocycles. The number of rotatable bonds is 11. The number of amides is 2. The molecule has 3 aliphatic heterocycles. The van der Waals surface area contributed by atoms with Gasteiger partial charge in [0.25, 0.3) is 0 Å². The molecule has 7 rings (SSSR count). The molecule has 4 aromatic rings. The Hall–Kier alpha value is -6.04. The molecule has 0 aromatic heterocycles. The number of fused-ring (bicyclic) bond motifs is 4. The number of anilines is 1. The molecule has 3 heterocycles. The van der Waals surface area contributed by atoms with Gasteiger partial charge in [-0.25, -0.2) is 9.59 Å². The van der Waals surface area contributed by atoms with E-state index in [1.54, 1.807) is 24.0 Å². The van der Waals surface area contributed by atoms with E-state index in [0.717, 1.165) is 27.8 Å². The SMILES string of the molecule is COC(=O)CC[C@H]1C2=Nc3c(OCc4ccccc4)cccc3[C@@]2(c2cc3c(c(OC)c2OC)N(C(=O)OC)CC3)CCN1C(=O)OCc1ccccc1. The molecule has 3 aliphatic rings. The number of benzene rings is 4. The number of hydrogen-bond acceptors (Lipinski definition) is 10. The fourth-order valence-corrected chi connectivity index (χ4v) is 8.00. The summed E-state index contributed by atoms with van der Waals surface area (Å²) in [5.74, 6) is 0.982. The van der Waals surface area contributed by atoms with Gasteiger partial charge in [-0.15, -0.1) is 0 Å². The Bertz CT molecular complexity index is 2070. The highest BCUT2D eigenvalue weighted by Crippen LogP contribution is 2.59. The minimum atomic E-state index is -0.954. The summed E-state index contributed by atoms with van der Waals surface area (Å²) in [6.07, 6.45) is 0.187. The second-order valence-electron chi connectivity index (χ2n) is 13.3. The van der Waals surface area contributed by atoms with Gasteiger partial charge in [-0.1, -0.05) is 72.8 Å². The first-order chi connectivity index (χ1) is 26.3. The summed E-state index contributed by atoms with van der Waals surface area (Å²) < 4.78 is 34.8. The number of likely N-dealkylation sites (tertiary alicyclic amines) is 1. The summed E-state index contributed by atoms with van der Waals surface area (Å²) in [6.45, 7) is 1.07. The van der Waals surface area contributed by atoms with Crippen LogP contribution in [0, 0.1) is 0 Å². The minimum absolute atomic E-state index is 0.0329. The maximum Gasteiger partial charge on any atom is 0.414 e. The van der Waals surface area contributed by atoms with Gasteiger partial charge < -0.3 is 28.4 Å². The lowest BCUT2D eigenvalue weighted by atomic mass is 9.64. The van der Waals surface area contributed by atoms with Crippen LogP contribution in [0.2, 0.25) is 0 Å². The van der Waals surface area contributed by atoms with E-state index in [1.165, 1.54) is 14.2 Å². The highest BCUT2D eigenvalue weighted by molar-refractivity contribution is 6.11. The number of hydrogen-bond donors (Lipinski definition) is 0. The Kier molecular flexibility index (Phi) is 10.4. The molecule has 4 aromatic carbocycles. The second-order valence-corrected chi connectivity index (χ2v) is 13.3. The Morgan fingerprint density at radius 1 is 0.778 bits per heavy atom. The smallest absolute Gasteiger partial charge is 0.414 e. The summed E-state index contributed by atoms with van der Waals surface area (Å²) >= 11 is 0. The van der Waals surface area contributed by atoms with Gasteiger partial charge in [-0.05, 0) is 53.6 Å². The van der Waals surface area contributed by atoms with Gasteiger partial charge in [-0.3, -0.25) is 19.6 Å². The van der Waals surface area contributed by atoms with Gasteiger partial charge in [0.05, 0.1) is 51.3 Å². The van der Waals surface area contributed by atoms with E-state index in [4.69, 9.17) is 33.4 Å². The Morgan fingerprint density at radius 2 is 1.48 bits per heavy atom. The lowest BCUT2D eigenvalue weighted by Crippen LogP contribution is -2.58. The largest absolute Gasteiger partial charge is 0.492 e. The van der Waals surface area contributed by atoms with E-state index in [1.807, 2.05) is 78.9 Å². The fourth-order valence-electron chi connectivity index (χ4n) is 8.00. The van der Waals surface area contributed by atoms with Gasteiger partial charge in [-0.2, -0.15) is 0 Å². The molecule has 0 unspecified atom stereocenters. The van der Waals surface area contributed by atoms with Crippen molar-refractivity contribution in [3.8, 4) is 17.2 Å². The maximum atomic E-state index is 14.0. The number of carbonyl (C=O) groups is 3. The normalized spacial score (nSPS) is 18.1. The quantitative estimate of drug-likeness (QED) is 0.117. The van der Waals surface area contributed by atoms with Crippen molar-refractivity contribution in [3.63, 3.8) is 0 Å². The van der Waals surface area contributed by atoms with Crippen LogP contribution < -0.4 is 19.1 Å². The van der Waals surface area contributed by atoms with Crippen LogP contribution in [0.1, 0.15) is 47.1 Å². The van der Waals surface area contributed by atoms with Crippen LogP contribution in [0.5, 0.6) is 17.2 Å². The average Bonchev–Trinajstić information content (AvgIpc) is 3.81. The first-order valence-electron chi connectivity index (χ1n) is 17.9. The first-order valence-corrected chi connectivity index (χ1v) is 17.9. The number of para-hydroxylation sites is 1. The van der Waals surface area contributed by atoms with Crippen LogP contribution in [0.3, 0.4) is 0 Å². The molecule has 0 N–H and O–H groups in total. The van der Waals surface area contributed by atoms with Crippen LogP contribution in [0.25, 0.3) is 0 Å². The summed E-state index contributed by atoms with van der Waals surface area (Å²) in [5, 5.41) is 0. The molecule has 1 fully saturated rings. The highest BCUT2D eigenvalue weighted by Gasteiger charge is 2.56. The monoisotopic (exact) mass is 733 g/mol. The van der Waals surface area contributed by atoms with Crippen molar-refractivity contribution in [2.45, 2.75) is 50.4 Å². The topological polar surface area (TPSA) is 125 Å². The molecule has 2 atom stereocenters. The van der Waals surface area contributed by atoms with Crippen LogP contribution >= 0.6 is 0 Å². The molecule has 12 heteroatoms. The number of esters is 1. The number of nitrogens with zero attached hydrogens (tertiary/aromatic N) is 3. The van der Waals surface area contributed by atoms with E-state index < -0.39 is 29.6 Å². The van der Waals surface area contributed by atoms with Crippen molar-refractivity contribution in [2.24, 2.45) is 4.99 Å². The number of aliphatic imine (C=N–C) groups is 1. The molecule has 54 heavy (non-hydrogen) atoms. The van der Waals surface area contributed by atoms with E-state index >= 15 is 0 Å². The van der Waals surface area contributed by atoms with Gasteiger partial charge in [0.15, 0.2) is 11.5 Å². The Labute approximate surface area is 314 Å². The van der Waals surface area contributed by atoms with Crippen molar-refractivity contribution in [2.75, 3.05) is 46.4 Å². The third kappa shape index (κ3) is 6.46.